The Morgan fingerprint density at radius 3 is 2.70 bits per heavy atom. The van der Waals surface area contributed by atoms with E-state index >= 15 is 0 Å². The standard InChI is InChI=1S/C13H18AsN2O3S/c1-2-3-4-5-9-19-13-8-6-7-12(11(13)10-15)14-20(16,17)18/h6-8H,2-5,9H2,1H3,(H2,16,17,18). The van der Waals surface area contributed by atoms with Crippen molar-refractivity contribution >= 4 is 27.2 Å². The van der Waals surface area contributed by atoms with E-state index in [4.69, 9.17) is 9.88 Å². The van der Waals surface area contributed by atoms with Crippen molar-refractivity contribution in [3.63, 3.8) is 0 Å². The molecule has 0 aromatic heterocycles. The zero-order valence-corrected chi connectivity index (χ0v) is 14.1. The summed E-state index contributed by atoms with van der Waals surface area (Å²) < 4.78 is 28.4. The van der Waals surface area contributed by atoms with Gasteiger partial charge in [0, 0.05) is 0 Å². The molecule has 0 aliphatic rings. The van der Waals surface area contributed by atoms with E-state index in [0.717, 1.165) is 25.7 Å². The van der Waals surface area contributed by atoms with E-state index in [0.29, 0.717) is 16.7 Å². The first-order valence-electron chi connectivity index (χ1n) is 6.39. The van der Waals surface area contributed by atoms with Gasteiger partial charge in [-0.05, 0) is 0 Å². The molecule has 1 aromatic rings. The monoisotopic (exact) mass is 357 g/mol. The predicted molar refractivity (Wildman–Crippen MR) is 79.3 cm³/mol. The van der Waals surface area contributed by atoms with Gasteiger partial charge in [-0.3, -0.25) is 0 Å². The molecule has 1 aromatic carbocycles. The van der Waals surface area contributed by atoms with E-state index < -0.39 is 22.9 Å². The van der Waals surface area contributed by atoms with Gasteiger partial charge in [0.25, 0.3) is 0 Å². The molecule has 0 atom stereocenters. The van der Waals surface area contributed by atoms with E-state index in [-0.39, 0.29) is 5.56 Å². The number of hydrogen-bond donors (Lipinski definition) is 1. The number of hydrogen-bond acceptors (Lipinski definition) is 4. The number of rotatable bonds is 8. The van der Waals surface area contributed by atoms with Gasteiger partial charge in [-0.2, -0.15) is 0 Å². The van der Waals surface area contributed by atoms with E-state index in [9.17, 15) is 13.7 Å². The van der Waals surface area contributed by atoms with Crippen LogP contribution in [-0.2, 0) is 8.29 Å². The molecule has 0 unspecified atom stereocenters. The van der Waals surface area contributed by atoms with Gasteiger partial charge < -0.3 is 0 Å². The number of nitrogens with zero attached hydrogens (tertiary/aromatic N) is 1. The van der Waals surface area contributed by atoms with Crippen LogP contribution in [0.15, 0.2) is 18.2 Å². The third-order valence-electron chi connectivity index (χ3n) is 2.60. The molecule has 0 fully saturated rings. The van der Waals surface area contributed by atoms with Gasteiger partial charge in [0.2, 0.25) is 0 Å². The second-order valence-corrected chi connectivity index (χ2v) is 10.9. The molecule has 5 nitrogen and oxygen atoms in total. The van der Waals surface area contributed by atoms with Crippen molar-refractivity contribution in [2.24, 2.45) is 5.14 Å². The van der Waals surface area contributed by atoms with Crippen LogP contribution in [0.25, 0.3) is 0 Å². The molecule has 0 saturated heterocycles. The zero-order chi connectivity index (χ0) is 15.0. The summed E-state index contributed by atoms with van der Waals surface area (Å²) in [5.74, 6) is 0.445. The first kappa shape index (κ1) is 17.0. The molecule has 7 heteroatoms. The van der Waals surface area contributed by atoms with Crippen molar-refractivity contribution in [2.75, 3.05) is 6.61 Å². The molecule has 2 N–H and O–H groups in total. The molecule has 0 bridgehead atoms. The van der Waals surface area contributed by atoms with Crippen molar-refractivity contribution in [2.45, 2.75) is 32.6 Å². The second-order valence-electron chi connectivity index (χ2n) is 4.28. The third kappa shape index (κ3) is 5.96. The van der Waals surface area contributed by atoms with Crippen LogP contribution < -0.4 is 14.2 Å². The molecular weight excluding hydrogens is 339 g/mol. The normalized spacial score (nSPS) is 11.7. The molecular formula is C13H18AsN2O3S. The molecule has 0 heterocycles. The van der Waals surface area contributed by atoms with Crippen LogP contribution in [0.2, 0.25) is 0 Å². The Bertz CT molecular complexity index is 582. The van der Waals surface area contributed by atoms with E-state index in [1.807, 2.05) is 6.07 Å². The molecule has 0 amide bonds. The van der Waals surface area contributed by atoms with Crippen LogP contribution in [0.3, 0.4) is 0 Å². The molecule has 1 rings (SSSR count). The van der Waals surface area contributed by atoms with Crippen molar-refractivity contribution < 1.29 is 13.2 Å². The number of benzene rings is 1. The zero-order valence-electron chi connectivity index (χ0n) is 11.4. The SMILES string of the molecule is CCCCCCOc1cccc([As]S(N)(=O)=O)c1C#N. The fourth-order valence-electron chi connectivity index (χ4n) is 1.68. The minimum absolute atomic E-state index is 0.289. The number of nitriles is 1. The molecule has 0 aliphatic heterocycles. The van der Waals surface area contributed by atoms with Crippen molar-refractivity contribution in [1.29, 1.82) is 5.26 Å². The number of nitrogens with two attached hydrogens (primary N) is 1. The molecule has 1 radical (unpaired) electrons. The minimum atomic E-state index is -3.57. The van der Waals surface area contributed by atoms with Crippen LogP contribution in [-0.4, -0.2) is 29.6 Å². The van der Waals surface area contributed by atoms with Crippen molar-refractivity contribution in [3.05, 3.63) is 23.8 Å². The Labute approximate surface area is 125 Å². The number of ether oxygens (including phenoxy) is 1. The maximum absolute atomic E-state index is 11.2. The molecule has 109 valence electrons. The molecule has 0 saturated carbocycles. The Kier molecular flexibility index (Phi) is 7.07. The van der Waals surface area contributed by atoms with Gasteiger partial charge in [0.15, 0.2) is 0 Å². The van der Waals surface area contributed by atoms with Crippen molar-refractivity contribution in [1.82, 2.24) is 0 Å². The fraction of sp³-hybridized carbons (Fsp3) is 0.462. The second kappa shape index (κ2) is 8.31. The molecule has 20 heavy (non-hydrogen) atoms. The van der Waals surface area contributed by atoms with E-state index in [1.54, 1.807) is 18.2 Å². The van der Waals surface area contributed by atoms with Gasteiger partial charge in [-0.15, -0.1) is 0 Å². The van der Waals surface area contributed by atoms with E-state index in [2.05, 4.69) is 6.92 Å². The summed E-state index contributed by atoms with van der Waals surface area (Å²) in [6.07, 6.45) is 4.31. The summed E-state index contributed by atoms with van der Waals surface area (Å²) >= 11 is -1.28. The molecule has 0 aliphatic carbocycles. The fourth-order valence-corrected chi connectivity index (χ4v) is 5.30. The van der Waals surface area contributed by atoms with Crippen LogP contribution in [0.1, 0.15) is 38.2 Å². The summed E-state index contributed by atoms with van der Waals surface area (Å²) in [4.78, 5) is 0. The van der Waals surface area contributed by atoms with Crippen LogP contribution in [0, 0.1) is 11.3 Å². The Morgan fingerprint density at radius 2 is 2.10 bits per heavy atom. The summed E-state index contributed by atoms with van der Waals surface area (Å²) in [5.41, 5.74) is 0.289. The average Bonchev–Trinajstić information content (AvgIpc) is 2.37. The Hall–Kier alpha value is -1.02. The first-order valence-corrected chi connectivity index (χ1v) is 11.1. The molecule has 0 spiro atoms. The van der Waals surface area contributed by atoms with Gasteiger partial charge in [0.1, 0.15) is 0 Å². The van der Waals surface area contributed by atoms with Gasteiger partial charge in [-0.1, -0.05) is 0 Å². The first-order chi connectivity index (χ1) is 9.48. The predicted octanol–water partition coefficient (Wildman–Crippen LogP) is 1.05. The van der Waals surface area contributed by atoms with E-state index in [1.165, 1.54) is 0 Å². The summed E-state index contributed by atoms with van der Waals surface area (Å²) in [6.45, 7) is 2.67. The third-order valence-corrected chi connectivity index (χ3v) is 6.67. The average molecular weight is 357 g/mol. The summed E-state index contributed by atoms with van der Waals surface area (Å²) in [5, 5.41) is 14.2. The van der Waals surface area contributed by atoms with Crippen LogP contribution >= 0.6 is 0 Å². The van der Waals surface area contributed by atoms with Crippen LogP contribution in [0.5, 0.6) is 5.75 Å². The van der Waals surface area contributed by atoms with Gasteiger partial charge in [-0.25, -0.2) is 0 Å². The van der Waals surface area contributed by atoms with Gasteiger partial charge in [0.05, 0.1) is 0 Å². The van der Waals surface area contributed by atoms with Gasteiger partial charge >= 0.3 is 126 Å². The number of unbranched alkanes of at least 4 members (excludes halogenated alkanes) is 3. The van der Waals surface area contributed by atoms with Crippen LogP contribution in [0.4, 0.5) is 0 Å². The topological polar surface area (TPSA) is 93.2 Å². The summed E-state index contributed by atoms with van der Waals surface area (Å²) in [7, 11) is -3.57. The Balaban J connectivity index is 2.77. The maximum atomic E-state index is 11.2. The summed E-state index contributed by atoms with van der Waals surface area (Å²) in [6, 6.07) is 7.01. The Morgan fingerprint density at radius 1 is 1.35 bits per heavy atom. The van der Waals surface area contributed by atoms with Crippen molar-refractivity contribution in [3.8, 4) is 11.8 Å². The quantitative estimate of drug-likeness (QED) is 0.556.